The molecule has 0 aromatic rings. The molecular formula is C21H50O11Si3. The lowest BCUT2D eigenvalue weighted by Crippen LogP contribution is -2.42. The smallest absolute Gasteiger partial charge is 0.462 e. The molecule has 0 bridgehead atoms. The van der Waals surface area contributed by atoms with Crippen molar-refractivity contribution >= 4 is 32.4 Å². The van der Waals surface area contributed by atoms with Gasteiger partial charge in [0, 0.05) is 87.2 Å². The van der Waals surface area contributed by atoms with Gasteiger partial charge in [0.15, 0.2) is 0 Å². The predicted molar refractivity (Wildman–Crippen MR) is 141 cm³/mol. The van der Waals surface area contributed by atoms with Gasteiger partial charge in [0.05, 0.1) is 6.61 Å². The van der Waals surface area contributed by atoms with Crippen molar-refractivity contribution < 1.29 is 49.4 Å². The Labute approximate surface area is 216 Å². The second kappa shape index (κ2) is 22.7. The summed E-state index contributed by atoms with van der Waals surface area (Å²) in [6.07, 6.45) is 0.640. The van der Waals surface area contributed by atoms with E-state index in [1.165, 1.54) is 0 Å². The minimum absolute atomic E-state index is 0.316. The summed E-state index contributed by atoms with van der Waals surface area (Å²) < 4.78 is 51.6. The van der Waals surface area contributed by atoms with Crippen molar-refractivity contribution in [1.82, 2.24) is 0 Å². The molecule has 11 nitrogen and oxygen atoms in total. The zero-order chi connectivity index (χ0) is 28.0. The van der Waals surface area contributed by atoms with Crippen molar-refractivity contribution in [3.8, 4) is 0 Å². The molecular weight excluding hydrogens is 512 g/mol. The van der Waals surface area contributed by atoms with E-state index in [-0.39, 0.29) is 5.97 Å². The summed E-state index contributed by atoms with van der Waals surface area (Å²) in [5, 5.41) is 0. The summed E-state index contributed by atoms with van der Waals surface area (Å²) in [6, 6.07) is 0.611. The Balaban J connectivity index is -0.000000469. The molecule has 0 atom stereocenters. The molecule has 14 heteroatoms. The van der Waals surface area contributed by atoms with E-state index in [0.29, 0.717) is 44.5 Å². The molecule has 0 spiro atoms. The standard InChI is InChI=1S/C10H20O5Si.C7H18O3Si.C4H12O3Si/c1-9(2)10(11)15-7-6-8-16(12-3,13-4)14-5;1-5-8-11(4,9-6-2)10-7-3;1-5-8(4,6-2)7-3/h1,6-8H2,2-5H3;5-7H2,1-4H3;1-4H3. The topological polar surface area (TPSA) is 109 Å². The summed E-state index contributed by atoms with van der Waals surface area (Å²) in [6.45, 7) is 17.0. The highest BCUT2D eigenvalue weighted by Crippen LogP contribution is 2.15. The Morgan fingerprint density at radius 1 is 0.686 bits per heavy atom. The van der Waals surface area contributed by atoms with Crippen molar-refractivity contribution in [2.45, 2.75) is 53.3 Å². The van der Waals surface area contributed by atoms with E-state index in [1.807, 2.05) is 33.9 Å². The Kier molecular flexibility index (Phi) is 25.3. The van der Waals surface area contributed by atoms with E-state index in [4.69, 9.17) is 44.6 Å². The van der Waals surface area contributed by atoms with Crippen LogP contribution in [0.1, 0.15) is 34.1 Å². The molecule has 0 radical (unpaired) electrons. The lowest BCUT2D eigenvalue weighted by molar-refractivity contribution is -0.139. The Hall–Kier alpha value is -0.499. The number of esters is 1. The van der Waals surface area contributed by atoms with Crippen LogP contribution in [-0.2, 0) is 49.4 Å². The van der Waals surface area contributed by atoms with Gasteiger partial charge in [0.2, 0.25) is 0 Å². The van der Waals surface area contributed by atoms with Crippen LogP contribution in [0.3, 0.4) is 0 Å². The fourth-order valence-corrected chi connectivity index (χ4v) is 6.31. The van der Waals surface area contributed by atoms with E-state index < -0.39 is 26.4 Å². The van der Waals surface area contributed by atoms with Gasteiger partial charge >= 0.3 is 32.4 Å². The van der Waals surface area contributed by atoms with Crippen LogP contribution in [0.5, 0.6) is 0 Å². The average molecular weight is 563 g/mol. The van der Waals surface area contributed by atoms with Crippen LogP contribution >= 0.6 is 0 Å². The van der Waals surface area contributed by atoms with Gasteiger partial charge in [-0.2, -0.15) is 0 Å². The van der Waals surface area contributed by atoms with Gasteiger partial charge in [0.1, 0.15) is 0 Å². The fourth-order valence-electron chi connectivity index (χ4n) is 2.29. The maximum absolute atomic E-state index is 11.1. The molecule has 0 rings (SSSR count). The van der Waals surface area contributed by atoms with Crippen LogP contribution in [0.25, 0.3) is 0 Å². The third-order valence-electron chi connectivity index (χ3n) is 4.47. The number of hydrogen-bond donors (Lipinski definition) is 0. The average Bonchev–Trinajstić information content (AvgIpc) is 2.85. The number of carbonyl (C=O) groups excluding carboxylic acids is 1. The third kappa shape index (κ3) is 19.3. The van der Waals surface area contributed by atoms with Gasteiger partial charge in [-0.05, 0) is 34.1 Å². The first kappa shape index (κ1) is 39.0. The molecule has 212 valence electrons. The SMILES string of the molecule is C=C(C)C(=O)OCCC[Si](OC)(OC)OC.CCO[Si](C)(OCC)OCC.CO[Si](C)(OC)OC. The van der Waals surface area contributed by atoms with Gasteiger partial charge in [-0.25, -0.2) is 4.79 Å². The highest BCUT2D eigenvalue weighted by atomic mass is 28.4. The second-order valence-electron chi connectivity index (χ2n) is 6.95. The van der Waals surface area contributed by atoms with Crippen molar-refractivity contribution in [3.63, 3.8) is 0 Å². The summed E-state index contributed by atoms with van der Waals surface area (Å²) in [7, 11) is 2.46. The normalized spacial score (nSPS) is 11.7. The van der Waals surface area contributed by atoms with Gasteiger partial charge in [-0.3, -0.25) is 0 Å². The monoisotopic (exact) mass is 562 g/mol. The van der Waals surface area contributed by atoms with Gasteiger partial charge < -0.3 is 44.6 Å². The number of carbonyl (C=O) groups is 1. The highest BCUT2D eigenvalue weighted by molar-refractivity contribution is 6.60. The van der Waals surface area contributed by atoms with E-state index in [0.717, 1.165) is 0 Å². The van der Waals surface area contributed by atoms with Gasteiger partial charge in [0.25, 0.3) is 0 Å². The molecule has 0 heterocycles. The first-order valence-electron chi connectivity index (χ1n) is 11.4. The molecule has 0 N–H and O–H groups in total. The largest absolute Gasteiger partial charge is 0.500 e. The summed E-state index contributed by atoms with van der Waals surface area (Å²) in [5.74, 6) is -0.375. The second-order valence-corrected chi connectivity index (χ2v) is 15.6. The van der Waals surface area contributed by atoms with Crippen LogP contribution in [0.2, 0.25) is 19.1 Å². The Bertz CT molecular complexity index is 497. The molecule has 0 aliphatic heterocycles. The third-order valence-corrected chi connectivity index (χ3v) is 12.0. The Morgan fingerprint density at radius 2 is 1.06 bits per heavy atom. The zero-order valence-corrected chi connectivity index (χ0v) is 26.9. The predicted octanol–water partition coefficient (Wildman–Crippen LogP) is 3.53. The van der Waals surface area contributed by atoms with E-state index in [1.54, 1.807) is 49.6 Å². The lowest BCUT2D eigenvalue weighted by atomic mass is 10.4. The summed E-state index contributed by atoms with van der Waals surface area (Å²) >= 11 is 0. The summed E-state index contributed by atoms with van der Waals surface area (Å²) in [4.78, 5) is 11.1. The lowest BCUT2D eigenvalue weighted by Gasteiger charge is -2.24. The molecule has 0 fully saturated rings. The van der Waals surface area contributed by atoms with E-state index in [2.05, 4.69) is 6.58 Å². The number of ether oxygens (including phenoxy) is 1. The van der Waals surface area contributed by atoms with Gasteiger partial charge in [-0.1, -0.05) is 6.58 Å². The fraction of sp³-hybridized carbons (Fsp3) is 0.857. The summed E-state index contributed by atoms with van der Waals surface area (Å²) in [5.41, 5.74) is 0.397. The number of rotatable bonds is 17. The highest BCUT2D eigenvalue weighted by Gasteiger charge is 2.37. The molecule has 0 aromatic carbocycles. The molecule has 0 aliphatic carbocycles. The molecule has 0 saturated heterocycles. The first-order valence-corrected chi connectivity index (χ1v) is 17.8. The van der Waals surface area contributed by atoms with Crippen LogP contribution in [0.4, 0.5) is 0 Å². The van der Waals surface area contributed by atoms with Crippen molar-refractivity contribution in [2.75, 3.05) is 69.1 Å². The van der Waals surface area contributed by atoms with Crippen molar-refractivity contribution in [2.24, 2.45) is 0 Å². The molecule has 0 unspecified atom stereocenters. The van der Waals surface area contributed by atoms with E-state index >= 15 is 0 Å². The zero-order valence-electron chi connectivity index (χ0n) is 23.9. The van der Waals surface area contributed by atoms with Gasteiger partial charge in [-0.15, -0.1) is 0 Å². The van der Waals surface area contributed by atoms with Crippen molar-refractivity contribution in [3.05, 3.63) is 12.2 Å². The minimum Gasteiger partial charge on any atom is -0.462 e. The minimum atomic E-state index is -2.53. The van der Waals surface area contributed by atoms with Crippen LogP contribution in [0, 0.1) is 0 Å². The molecule has 35 heavy (non-hydrogen) atoms. The quantitative estimate of drug-likeness (QED) is 0.112. The maximum atomic E-state index is 11.1. The van der Waals surface area contributed by atoms with Crippen LogP contribution in [0.15, 0.2) is 12.2 Å². The maximum Gasteiger partial charge on any atom is 0.500 e. The van der Waals surface area contributed by atoms with Crippen LogP contribution in [-0.4, -0.2) is 101 Å². The van der Waals surface area contributed by atoms with Crippen molar-refractivity contribution in [1.29, 1.82) is 0 Å². The molecule has 0 amide bonds. The molecule has 0 saturated carbocycles. The first-order chi connectivity index (χ1) is 16.4. The Morgan fingerprint density at radius 3 is 1.29 bits per heavy atom. The molecule has 0 aliphatic rings. The number of hydrogen-bond acceptors (Lipinski definition) is 11. The van der Waals surface area contributed by atoms with E-state index in [9.17, 15) is 4.79 Å². The van der Waals surface area contributed by atoms with Crippen LogP contribution < -0.4 is 0 Å². The molecule has 0 aromatic heterocycles.